The van der Waals surface area contributed by atoms with E-state index in [9.17, 15) is 13.2 Å². The van der Waals surface area contributed by atoms with Crippen LogP contribution in [-0.4, -0.2) is 41.4 Å². The maximum absolute atomic E-state index is 12.7. The van der Waals surface area contributed by atoms with Gasteiger partial charge in [-0.15, -0.1) is 11.3 Å². The largest absolute Gasteiger partial charge is 0.286 e. The number of imidazole rings is 1. The van der Waals surface area contributed by atoms with E-state index in [2.05, 4.69) is 9.97 Å². The number of ketones is 1. The maximum Gasteiger partial charge on any atom is 0.234 e. The molecule has 0 radical (unpaired) electrons. The van der Waals surface area contributed by atoms with Crippen LogP contribution in [0.15, 0.2) is 60.4 Å². The van der Waals surface area contributed by atoms with Crippen LogP contribution in [0.2, 0.25) is 0 Å². The van der Waals surface area contributed by atoms with Crippen LogP contribution >= 0.6 is 11.3 Å². The van der Waals surface area contributed by atoms with Gasteiger partial charge in [0, 0.05) is 18.8 Å². The van der Waals surface area contributed by atoms with Crippen molar-refractivity contribution in [3.63, 3.8) is 0 Å². The molecule has 0 aliphatic carbocycles. The van der Waals surface area contributed by atoms with E-state index in [1.165, 1.54) is 22.7 Å². The molecule has 3 aromatic heterocycles. The molecule has 0 bridgehead atoms. The number of sulfonamides is 1. The molecule has 0 unspecified atom stereocenters. The molecule has 1 aromatic carbocycles. The minimum absolute atomic E-state index is 0.0168. The molecule has 0 spiro atoms. The van der Waals surface area contributed by atoms with Gasteiger partial charge in [0.2, 0.25) is 15.8 Å². The van der Waals surface area contributed by atoms with Crippen molar-refractivity contribution < 1.29 is 13.2 Å². The molecule has 7 nitrogen and oxygen atoms in total. The van der Waals surface area contributed by atoms with Crippen molar-refractivity contribution in [2.75, 3.05) is 17.1 Å². The number of thiophene rings is 1. The summed E-state index contributed by atoms with van der Waals surface area (Å²) in [6.45, 7) is 1.61. The average molecular weight is 427 g/mol. The summed E-state index contributed by atoms with van der Waals surface area (Å²) >= 11 is 1.36. The van der Waals surface area contributed by atoms with E-state index in [0.717, 1.165) is 11.3 Å². The number of fused-ring (bicyclic) bond motifs is 1. The summed E-state index contributed by atoms with van der Waals surface area (Å²) in [7, 11) is -1.83. The Morgan fingerprint density at radius 3 is 2.72 bits per heavy atom. The van der Waals surface area contributed by atoms with E-state index in [-0.39, 0.29) is 17.2 Å². The van der Waals surface area contributed by atoms with Crippen LogP contribution < -0.4 is 4.31 Å². The fourth-order valence-corrected chi connectivity index (χ4v) is 4.52. The zero-order valence-corrected chi connectivity index (χ0v) is 17.4. The van der Waals surface area contributed by atoms with E-state index >= 15 is 0 Å². The highest BCUT2D eigenvalue weighted by atomic mass is 32.2. The normalized spacial score (nSPS) is 11.7. The van der Waals surface area contributed by atoms with Crippen molar-refractivity contribution in [1.82, 2.24) is 14.4 Å². The Labute approximate surface area is 172 Å². The van der Waals surface area contributed by atoms with Gasteiger partial charge in [-0.3, -0.25) is 13.5 Å². The lowest BCUT2D eigenvalue weighted by atomic mass is 10.1. The van der Waals surface area contributed by atoms with Gasteiger partial charge < -0.3 is 0 Å². The van der Waals surface area contributed by atoms with E-state index in [4.69, 9.17) is 0 Å². The van der Waals surface area contributed by atoms with Crippen molar-refractivity contribution in [3.8, 4) is 11.3 Å². The topological polar surface area (TPSA) is 84.6 Å². The number of hydrogen-bond acceptors (Lipinski definition) is 6. The van der Waals surface area contributed by atoms with Gasteiger partial charge in [-0.05, 0) is 36.6 Å². The molecule has 4 rings (SSSR count). The van der Waals surface area contributed by atoms with Crippen LogP contribution in [-0.2, 0) is 10.0 Å². The van der Waals surface area contributed by atoms with Gasteiger partial charge >= 0.3 is 0 Å². The van der Waals surface area contributed by atoms with E-state index in [0.29, 0.717) is 16.2 Å². The third-order valence-electron chi connectivity index (χ3n) is 4.68. The van der Waals surface area contributed by atoms with E-state index in [1.54, 1.807) is 48.1 Å². The summed E-state index contributed by atoms with van der Waals surface area (Å²) < 4.78 is 27.4. The van der Waals surface area contributed by atoms with Crippen LogP contribution in [0.4, 0.5) is 5.69 Å². The average Bonchev–Trinajstić information content (AvgIpc) is 3.42. The first-order valence-corrected chi connectivity index (χ1v) is 11.4. The van der Waals surface area contributed by atoms with Crippen LogP contribution in [0.25, 0.3) is 16.9 Å². The highest BCUT2D eigenvalue weighted by Gasteiger charge is 2.20. The minimum atomic E-state index is -3.37. The highest BCUT2D eigenvalue weighted by Crippen LogP contribution is 2.27. The van der Waals surface area contributed by atoms with Crippen LogP contribution in [0, 0.1) is 0 Å². The third kappa shape index (κ3) is 3.43. The molecule has 0 aliphatic rings. The predicted molar refractivity (Wildman–Crippen MR) is 114 cm³/mol. The van der Waals surface area contributed by atoms with Gasteiger partial charge in [-0.1, -0.05) is 18.2 Å². The fourth-order valence-electron chi connectivity index (χ4n) is 3.04. The number of anilines is 1. The SMILES string of the molecule is CCS(=O)(=O)N(C)c1cccc(-c2ccnc3c(C(=O)c4cccs4)ncn23)c1. The quantitative estimate of drug-likeness (QED) is 0.441. The first kappa shape index (κ1) is 19.3. The Bertz CT molecular complexity index is 1290. The predicted octanol–water partition coefficient (Wildman–Crippen LogP) is 3.47. The highest BCUT2D eigenvalue weighted by molar-refractivity contribution is 7.92. The molecular weight excluding hydrogens is 408 g/mol. The van der Waals surface area contributed by atoms with Crippen LogP contribution in [0.1, 0.15) is 22.3 Å². The number of hydrogen-bond donors (Lipinski definition) is 0. The zero-order valence-electron chi connectivity index (χ0n) is 15.8. The lowest BCUT2D eigenvalue weighted by Gasteiger charge is -2.19. The molecular formula is C20H18N4O3S2. The molecule has 0 aliphatic heterocycles. The first-order chi connectivity index (χ1) is 13.9. The second kappa shape index (κ2) is 7.41. The lowest BCUT2D eigenvalue weighted by Crippen LogP contribution is -2.27. The molecule has 29 heavy (non-hydrogen) atoms. The van der Waals surface area contributed by atoms with E-state index in [1.807, 2.05) is 23.6 Å². The molecule has 0 atom stereocenters. The third-order valence-corrected chi connectivity index (χ3v) is 7.32. The van der Waals surface area contributed by atoms with Gasteiger partial charge in [-0.25, -0.2) is 18.4 Å². The number of nitrogens with zero attached hydrogens (tertiary/aromatic N) is 4. The first-order valence-electron chi connectivity index (χ1n) is 8.89. The van der Waals surface area contributed by atoms with Crippen molar-refractivity contribution in [2.45, 2.75) is 6.92 Å². The number of carbonyl (C=O) groups is 1. The van der Waals surface area contributed by atoms with Crippen molar-refractivity contribution >= 4 is 38.5 Å². The fraction of sp³-hybridized carbons (Fsp3) is 0.150. The second-order valence-corrected chi connectivity index (χ2v) is 9.58. The Hall–Kier alpha value is -3.04. The molecule has 0 amide bonds. The number of benzene rings is 1. The Kier molecular flexibility index (Phi) is 4.93. The summed E-state index contributed by atoms with van der Waals surface area (Å²) in [5.41, 5.74) is 2.86. The summed E-state index contributed by atoms with van der Waals surface area (Å²) in [4.78, 5) is 22.0. The molecule has 0 fully saturated rings. The smallest absolute Gasteiger partial charge is 0.234 e. The molecule has 148 valence electrons. The minimum Gasteiger partial charge on any atom is -0.286 e. The summed E-state index contributed by atoms with van der Waals surface area (Å²) in [5, 5.41) is 1.84. The summed E-state index contributed by atoms with van der Waals surface area (Å²) in [5.74, 6) is -0.155. The summed E-state index contributed by atoms with van der Waals surface area (Å²) in [6.07, 6.45) is 3.19. The van der Waals surface area contributed by atoms with Gasteiger partial charge in [0.25, 0.3) is 0 Å². The zero-order chi connectivity index (χ0) is 20.6. The van der Waals surface area contributed by atoms with Crippen LogP contribution in [0.5, 0.6) is 0 Å². The van der Waals surface area contributed by atoms with Gasteiger partial charge in [0.15, 0.2) is 11.3 Å². The number of aromatic nitrogens is 3. The Morgan fingerprint density at radius 2 is 2.00 bits per heavy atom. The van der Waals surface area contributed by atoms with Crippen molar-refractivity contribution in [3.05, 3.63) is 70.9 Å². The van der Waals surface area contributed by atoms with Gasteiger partial charge in [0.1, 0.15) is 6.33 Å². The number of carbonyl (C=O) groups excluding carboxylic acids is 1. The van der Waals surface area contributed by atoms with Crippen molar-refractivity contribution in [2.24, 2.45) is 0 Å². The second-order valence-electron chi connectivity index (χ2n) is 6.34. The lowest BCUT2D eigenvalue weighted by molar-refractivity contribution is 0.103. The molecule has 0 saturated carbocycles. The Morgan fingerprint density at radius 1 is 1.17 bits per heavy atom. The summed E-state index contributed by atoms with van der Waals surface area (Å²) in [6, 6.07) is 12.6. The standard InChI is InChI=1S/C20H18N4O3S2/c1-3-29(26,27)23(2)15-7-4-6-14(12-15)16-9-10-21-20-18(22-13-24(16)20)19(25)17-8-5-11-28-17/h4-13H,3H2,1-2H3. The maximum atomic E-state index is 12.7. The molecule has 0 saturated heterocycles. The Balaban J connectivity index is 1.80. The number of rotatable bonds is 6. The monoisotopic (exact) mass is 426 g/mol. The molecule has 3 heterocycles. The van der Waals surface area contributed by atoms with Gasteiger partial charge in [0.05, 0.1) is 22.0 Å². The van der Waals surface area contributed by atoms with Crippen molar-refractivity contribution in [1.29, 1.82) is 0 Å². The molecule has 0 N–H and O–H groups in total. The van der Waals surface area contributed by atoms with Crippen LogP contribution in [0.3, 0.4) is 0 Å². The van der Waals surface area contributed by atoms with Gasteiger partial charge in [-0.2, -0.15) is 0 Å². The van der Waals surface area contributed by atoms with E-state index < -0.39 is 10.0 Å². The molecule has 9 heteroatoms. The molecule has 4 aromatic rings.